The predicted molar refractivity (Wildman–Crippen MR) is 78.2 cm³/mol. The normalized spacial score (nSPS) is 13.2. The van der Waals surface area contributed by atoms with Crippen LogP contribution in [0.15, 0.2) is 23.1 Å². The first-order chi connectivity index (χ1) is 9.44. The van der Waals surface area contributed by atoms with Crippen molar-refractivity contribution in [2.45, 2.75) is 50.7 Å². The van der Waals surface area contributed by atoms with Crippen LogP contribution >= 0.6 is 0 Å². The molecule has 20 heavy (non-hydrogen) atoms. The van der Waals surface area contributed by atoms with Crippen molar-refractivity contribution in [3.63, 3.8) is 0 Å². The van der Waals surface area contributed by atoms with Crippen LogP contribution in [-0.4, -0.2) is 26.7 Å². The van der Waals surface area contributed by atoms with Crippen molar-refractivity contribution in [1.29, 1.82) is 0 Å². The van der Waals surface area contributed by atoms with Gasteiger partial charge in [0.15, 0.2) is 0 Å². The van der Waals surface area contributed by atoms with Crippen LogP contribution in [0.1, 0.15) is 38.7 Å². The fourth-order valence-electron chi connectivity index (χ4n) is 1.95. The second-order valence-electron chi connectivity index (χ2n) is 4.80. The second kappa shape index (κ2) is 7.61. The maximum Gasteiger partial charge on any atom is 0.240 e. The monoisotopic (exact) mass is 301 g/mol. The molecule has 0 aromatic heterocycles. The first-order valence-corrected chi connectivity index (χ1v) is 8.23. The highest BCUT2D eigenvalue weighted by Gasteiger charge is 2.18. The number of benzene rings is 1. The average molecular weight is 301 g/mol. The Morgan fingerprint density at radius 1 is 1.40 bits per heavy atom. The zero-order valence-electron chi connectivity index (χ0n) is 12.2. The van der Waals surface area contributed by atoms with Crippen molar-refractivity contribution in [3.8, 4) is 5.75 Å². The number of hydrogen-bond donors (Lipinski definition) is 2. The van der Waals surface area contributed by atoms with E-state index in [0.717, 1.165) is 19.3 Å². The second-order valence-corrected chi connectivity index (χ2v) is 6.51. The molecule has 0 amide bonds. The van der Waals surface area contributed by atoms with E-state index in [-0.39, 0.29) is 17.5 Å². The van der Waals surface area contributed by atoms with Gasteiger partial charge in [0.1, 0.15) is 5.75 Å². The van der Waals surface area contributed by atoms with Gasteiger partial charge in [-0.15, -0.1) is 0 Å². The van der Waals surface area contributed by atoms with Gasteiger partial charge >= 0.3 is 0 Å². The summed E-state index contributed by atoms with van der Waals surface area (Å²) in [5.41, 5.74) is 0.455. The molecular formula is C14H23NO4S. The summed E-state index contributed by atoms with van der Waals surface area (Å²) in [5, 5.41) is 9.24. The summed E-state index contributed by atoms with van der Waals surface area (Å²) in [4.78, 5) is 0.144. The van der Waals surface area contributed by atoms with Crippen molar-refractivity contribution in [2.75, 3.05) is 7.11 Å². The fourth-order valence-corrected chi connectivity index (χ4v) is 3.28. The summed E-state index contributed by atoms with van der Waals surface area (Å²) >= 11 is 0. The molecule has 0 aliphatic rings. The lowest BCUT2D eigenvalue weighted by molar-refractivity contribution is 0.273. The Kier molecular flexibility index (Phi) is 6.45. The Hall–Kier alpha value is -1.11. The number of methoxy groups -OCH3 is 1. The van der Waals surface area contributed by atoms with Crippen LogP contribution in [0.4, 0.5) is 0 Å². The van der Waals surface area contributed by atoms with E-state index < -0.39 is 10.0 Å². The molecule has 114 valence electrons. The van der Waals surface area contributed by atoms with E-state index >= 15 is 0 Å². The first kappa shape index (κ1) is 16.9. The number of aliphatic hydroxyl groups excluding tert-OH is 1. The molecular weight excluding hydrogens is 278 g/mol. The Morgan fingerprint density at radius 2 is 2.10 bits per heavy atom. The summed E-state index contributed by atoms with van der Waals surface area (Å²) in [6.45, 7) is 3.65. The lowest BCUT2D eigenvalue weighted by Crippen LogP contribution is -2.32. The number of unbranched alkanes of at least 4 members (excludes halogenated alkanes) is 1. The van der Waals surface area contributed by atoms with Crippen LogP contribution in [0.5, 0.6) is 5.75 Å². The predicted octanol–water partition coefficient (Wildman–Crippen LogP) is 2.04. The van der Waals surface area contributed by atoms with Crippen LogP contribution < -0.4 is 9.46 Å². The van der Waals surface area contributed by atoms with E-state index in [9.17, 15) is 13.5 Å². The van der Waals surface area contributed by atoms with Crippen molar-refractivity contribution in [3.05, 3.63) is 23.8 Å². The molecule has 0 heterocycles. The Bertz CT molecular complexity index is 528. The zero-order valence-corrected chi connectivity index (χ0v) is 13.0. The van der Waals surface area contributed by atoms with Crippen LogP contribution in [0.2, 0.25) is 0 Å². The molecule has 1 aromatic rings. The summed E-state index contributed by atoms with van der Waals surface area (Å²) < 4.78 is 32.2. The van der Waals surface area contributed by atoms with E-state index in [0.29, 0.717) is 11.3 Å². The van der Waals surface area contributed by atoms with Gasteiger partial charge in [-0.05, 0) is 31.5 Å². The Labute approximate surface area is 121 Å². The highest BCUT2D eigenvalue weighted by Crippen LogP contribution is 2.22. The third kappa shape index (κ3) is 4.47. The number of ether oxygens (including phenoxy) is 1. The molecule has 0 saturated carbocycles. The number of aliphatic hydroxyl groups is 1. The molecule has 0 bridgehead atoms. The van der Waals surface area contributed by atoms with Gasteiger partial charge in [-0.1, -0.05) is 19.8 Å². The molecule has 1 aromatic carbocycles. The maximum atomic E-state index is 12.2. The van der Waals surface area contributed by atoms with Gasteiger partial charge in [0, 0.05) is 11.6 Å². The molecule has 0 aliphatic carbocycles. The molecule has 1 rings (SSSR count). The largest absolute Gasteiger partial charge is 0.496 e. The molecule has 1 atom stereocenters. The third-order valence-corrected chi connectivity index (χ3v) is 4.67. The van der Waals surface area contributed by atoms with Crippen molar-refractivity contribution >= 4 is 10.0 Å². The third-order valence-electron chi connectivity index (χ3n) is 3.08. The smallest absolute Gasteiger partial charge is 0.240 e. The SMILES string of the molecule is CCCCC(C)NS(=O)(=O)c1ccc(OC)c(CO)c1. The summed E-state index contributed by atoms with van der Waals surface area (Å²) in [5.74, 6) is 0.477. The summed E-state index contributed by atoms with van der Waals surface area (Å²) in [6, 6.07) is 4.36. The molecule has 0 radical (unpaired) electrons. The molecule has 0 spiro atoms. The van der Waals surface area contributed by atoms with E-state index in [1.165, 1.54) is 19.2 Å². The standard InChI is InChI=1S/C14H23NO4S/c1-4-5-6-11(2)15-20(17,18)13-7-8-14(19-3)12(9-13)10-16/h7-9,11,15-16H,4-6,10H2,1-3H3. The highest BCUT2D eigenvalue weighted by molar-refractivity contribution is 7.89. The lowest BCUT2D eigenvalue weighted by Gasteiger charge is -2.15. The summed E-state index contributed by atoms with van der Waals surface area (Å²) in [7, 11) is -2.08. The van der Waals surface area contributed by atoms with E-state index in [1.54, 1.807) is 6.07 Å². The van der Waals surface area contributed by atoms with E-state index in [4.69, 9.17) is 4.74 Å². The lowest BCUT2D eigenvalue weighted by atomic mass is 10.2. The minimum absolute atomic E-state index is 0.111. The molecule has 5 nitrogen and oxygen atoms in total. The quantitative estimate of drug-likeness (QED) is 0.770. The zero-order chi connectivity index (χ0) is 15.2. The van der Waals surface area contributed by atoms with Crippen LogP contribution in [0.3, 0.4) is 0 Å². The number of nitrogens with one attached hydrogen (secondary N) is 1. The van der Waals surface area contributed by atoms with Crippen LogP contribution in [-0.2, 0) is 16.6 Å². The van der Waals surface area contributed by atoms with E-state index in [2.05, 4.69) is 11.6 Å². The van der Waals surface area contributed by atoms with Crippen molar-refractivity contribution in [2.24, 2.45) is 0 Å². The molecule has 6 heteroatoms. The average Bonchev–Trinajstić information content (AvgIpc) is 2.43. The number of sulfonamides is 1. The Morgan fingerprint density at radius 3 is 2.65 bits per heavy atom. The van der Waals surface area contributed by atoms with Gasteiger partial charge in [0.2, 0.25) is 10.0 Å². The molecule has 1 unspecified atom stereocenters. The Balaban J connectivity index is 2.92. The highest BCUT2D eigenvalue weighted by atomic mass is 32.2. The van der Waals surface area contributed by atoms with Gasteiger partial charge in [0.05, 0.1) is 18.6 Å². The fraction of sp³-hybridized carbons (Fsp3) is 0.571. The molecule has 0 aliphatic heterocycles. The van der Waals surface area contributed by atoms with Gasteiger partial charge in [-0.2, -0.15) is 0 Å². The van der Waals surface area contributed by atoms with Crippen LogP contribution in [0, 0.1) is 0 Å². The number of rotatable bonds is 8. The topological polar surface area (TPSA) is 75.6 Å². The van der Waals surface area contributed by atoms with Crippen molar-refractivity contribution < 1.29 is 18.3 Å². The van der Waals surface area contributed by atoms with Gasteiger partial charge in [-0.25, -0.2) is 13.1 Å². The van der Waals surface area contributed by atoms with Gasteiger partial charge in [0.25, 0.3) is 0 Å². The number of hydrogen-bond acceptors (Lipinski definition) is 4. The molecule has 2 N–H and O–H groups in total. The maximum absolute atomic E-state index is 12.2. The van der Waals surface area contributed by atoms with E-state index in [1.807, 2.05) is 6.92 Å². The first-order valence-electron chi connectivity index (χ1n) is 6.74. The minimum Gasteiger partial charge on any atom is -0.496 e. The van der Waals surface area contributed by atoms with Crippen molar-refractivity contribution in [1.82, 2.24) is 4.72 Å². The van der Waals surface area contributed by atoms with Gasteiger partial charge in [-0.3, -0.25) is 0 Å². The molecule has 0 saturated heterocycles. The summed E-state index contributed by atoms with van der Waals surface area (Å²) in [6.07, 6.45) is 2.82. The molecule has 0 fully saturated rings. The van der Waals surface area contributed by atoms with Crippen LogP contribution in [0.25, 0.3) is 0 Å². The van der Waals surface area contributed by atoms with Gasteiger partial charge < -0.3 is 9.84 Å². The minimum atomic E-state index is -3.56.